The standard InChI is InChI=1S/C14H26/c1-4-14(3)9-8-11(2)10-12-6-5-7-13(12)14/h11-13H,4-10H2,1-3H3. The highest BCUT2D eigenvalue weighted by atomic mass is 14.5. The Kier molecular flexibility index (Phi) is 2.91. The van der Waals surface area contributed by atoms with Gasteiger partial charge in [-0.15, -0.1) is 0 Å². The van der Waals surface area contributed by atoms with Crippen LogP contribution in [0.3, 0.4) is 0 Å². The van der Waals surface area contributed by atoms with Crippen molar-refractivity contribution in [2.45, 2.75) is 65.7 Å². The number of rotatable bonds is 1. The van der Waals surface area contributed by atoms with Gasteiger partial charge in [0, 0.05) is 0 Å². The van der Waals surface area contributed by atoms with Crippen molar-refractivity contribution in [2.75, 3.05) is 0 Å². The summed E-state index contributed by atoms with van der Waals surface area (Å²) in [6, 6.07) is 0. The van der Waals surface area contributed by atoms with Crippen LogP contribution in [0.4, 0.5) is 0 Å². The van der Waals surface area contributed by atoms with Crippen molar-refractivity contribution in [3.63, 3.8) is 0 Å². The third kappa shape index (κ3) is 1.73. The second-order valence-electron chi connectivity index (χ2n) is 6.18. The maximum absolute atomic E-state index is 2.56. The average Bonchev–Trinajstić information content (AvgIpc) is 2.59. The number of hydrogen-bond acceptors (Lipinski definition) is 0. The van der Waals surface area contributed by atoms with Gasteiger partial charge < -0.3 is 0 Å². The molecule has 0 radical (unpaired) electrons. The van der Waals surface area contributed by atoms with Gasteiger partial charge in [0.25, 0.3) is 0 Å². The summed E-state index contributed by atoms with van der Waals surface area (Å²) in [7, 11) is 0. The molecule has 0 aromatic heterocycles. The highest BCUT2D eigenvalue weighted by Gasteiger charge is 2.42. The molecular formula is C14H26. The molecular weight excluding hydrogens is 168 g/mol. The first-order valence-electron chi connectivity index (χ1n) is 6.65. The summed E-state index contributed by atoms with van der Waals surface area (Å²) in [5, 5.41) is 0. The van der Waals surface area contributed by atoms with Gasteiger partial charge in [-0.2, -0.15) is 0 Å². The molecule has 0 spiro atoms. The summed E-state index contributed by atoms with van der Waals surface area (Å²) in [5.74, 6) is 3.14. The Bertz CT molecular complexity index is 196. The van der Waals surface area contributed by atoms with Crippen LogP contribution in [0, 0.1) is 23.2 Å². The van der Waals surface area contributed by atoms with Crippen molar-refractivity contribution in [1.82, 2.24) is 0 Å². The van der Waals surface area contributed by atoms with E-state index in [2.05, 4.69) is 20.8 Å². The van der Waals surface area contributed by atoms with Gasteiger partial charge in [0.05, 0.1) is 0 Å². The average molecular weight is 194 g/mol. The van der Waals surface area contributed by atoms with Crippen LogP contribution in [0.25, 0.3) is 0 Å². The maximum Gasteiger partial charge on any atom is -0.0297 e. The molecule has 2 aliphatic rings. The lowest BCUT2D eigenvalue weighted by Gasteiger charge is -2.36. The fourth-order valence-electron chi connectivity index (χ4n) is 4.07. The van der Waals surface area contributed by atoms with E-state index in [1.165, 1.54) is 44.9 Å². The van der Waals surface area contributed by atoms with E-state index < -0.39 is 0 Å². The Labute approximate surface area is 89.5 Å². The molecule has 14 heavy (non-hydrogen) atoms. The summed E-state index contributed by atoms with van der Waals surface area (Å²) in [5.41, 5.74) is 0.686. The summed E-state index contributed by atoms with van der Waals surface area (Å²) < 4.78 is 0. The molecule has 4 atom stereocenters. The second-order valence-corrected chi connectivity index (χ2v) is 6.18. The van der Waals surface area contributed by atoms with Gasteiger partial charge in [-0.05, 0) is 42.4 Å². The van der Waals surface area contributed by atoms with Crippen LogP contribution in [0.15, 0.2) is 0 Å². The van der Waals surface area contributed by atoms with Crippen LogP contribution in [-0.2, 0) is 0 Å². The molecule has 0 amide bonds. The van der Waals surface area contributed by atoms with Crippen LogP contribution in [0.1, 0.15) is 65.7 Å². The van der Waals surface area contributed by atoms with E-state index in [1.807, 2.05) is 0 Å². The second kappa shape index (κ2) is 3.87. The van der Waals surface area contributed by atoms with Gasteiger partial charge in [0.15, 0.2) is 0 Å². The first-order valence-corrected chi connectivity index (χ1v) is 6.65. The quantitative estimate of drug-likeness (QED) is 0.570. The van der Waals surface area contributed by atoms with Crippen LogP contribution in [0.2, 0.25) is 0 Å². The predicted molar refractivity (Wildman–Crippen MR) is 62.2 cm³/mol. The summed E-state index contributed by atoms with van der Waals surface area (Å²) >= 11 is 0. The molecule has 0 saturated heterocycles. The topological polar surface area (TPSA) is 0 Å². The van der Waals surface area contributed by atoms with Crippen molar-refractivity contribution in [3.05, 3.63) is 0 Å². The molecule has 2 fully saturated rings. The lowest BCUT2D eigenvalue weighted by atomic mass is 9.69. The Hall–Kier alpha value is 0. The van der Waals surface area contributed by atoms with E-state index in [0.717, 1.165) is 17.8 Å². The van der Waals surface area contributed by atoms with Crippen LogP contribution < -0.4 is 0 Å². The van der Waals surface area contributed by atoms with E-state index in [-0.39, 0.29) is 0 Å². The lowest BCUT2D eigenvalue weighted by molar-refractivity contribution is 0.135. The van der Waals surface area contributed by atoms with Gasteiger partial charge in [0.2, 0.25) is 0 Å². The molecule has 0 bridgehead atoms. The molecule has 0 heteroatoms. The molecule has 0 N–H and O–H groups in total. The largest absolute Gasteiger partial charge is 0.0649 e. The maximum atomic E-state index is 2.56. The van der Waals surface area contributed by atoms with Crippen molar-refractivity contribution >= 4 is 0 Å². The molecule has 2 rings (SSSR count). The summed E-state index contributed by atoms with van der Waals surface area (Å²) in [6.07, 6.45) is 10.5. The highest BCUT2D eigenvalue weighted by molar-refractivity contribution is 4.93. The Morgan fingerprint density at radius 2 is 2.00 bits per heavy atom. The zero-order chi connectivity index (χ0) is 10.2. The normalized spacial score (nSPS) is 48.6. The van der Waals surface area contributed by atoms with E-state index in [4.69, 9.17) is 0 Å². The first-order chi connectivity index (χ1) is 6.65. The van der Waals surface area contributed by atoms with E-state index in [1.54, 1.807) is 0 Å². The molecule has 0 aromatic rings. The van der Waals surface area contributed by atoms with Gasteiger partial charge in [-0.1, -0.05) is 46.5 Å². The zero-order valence-electron chi connectivity index (χ0n) is 10.2. The molecule has 2 saturated carbocycles. The van der Waals surface area contributed by atoms with E-state index in [9.17, 15) is 0 Å². The van der Waals surface area contributed by atoms with Gasteiger partial charge in [0.1, 0.15) is 0 Å². The summed E-state index contributed by atoms with van der Waals surface area (Å²) in [6.45, 7) is 7.44. The van der Waals surface area contributed by atoms with Gasteiger partial charge in [-0.3, -0.25) is 0 Å². The van der Waals surface area contributed by atoms with Gasteiger partial charge >= 0.3 is 0 Å². The van der Waals surface area contributed by atoms with Crippen LogP contribution in [0.5, 0.6) is 0 Å². The smallest absolute Gasteiger partial charge is 0.0297 e. The number of fused-ring (bicyclic) bond motifs is 1. The molecule has 0 aliphatic heterocycles. The number of hydrogen-bond donors (Lipinski definition) is 0. The van der Waals surface area contributed by atoms with Crippen molar-refractivity contribution in [2.24, 2.45) is 23.2 Å². The Balaban J connectivity index is 2.17. The summed E-state index contributed by atoms with van der Waals surface area (Å²) in [4.78, 5) is 0. The molecule has 0 heterocycles. The predicted octanol–water partition coefficient (Wildman–Crippen LogP) is 4.64. The molecule has 82 valence electrons. The first kappa shape index (κ1) is 10.5. The van der Waals surface area contributed by atoms with Crippen LogP contribution >= 0.6 is 0 Å². The highest BCUT2D eigenvalue weighted by Crippen LogP contribution is 2.53. The lowest BCUT2D eigenvalue weighted by Crippen LogP contribution is -2.27. The molecule has 0 aromatic carbocycles. The minimum atomic E-state index is 0.686. The SMILES string of the molecule is CCC1(C)CCC(C)CC2CCCC21. The molecule has 4 unspecified atom stereocenters. The van der Waals surface area contributed by atoms with Crippen molar-refractivity contribution < 1.29 is 0 Å². The minimum absolute atomic E-state index is 0.686. The Morgan fingerprint density at radius 1 is 1.21 bits per heavy atom. The van der Waals surface area contributed by atoms with Crippen LogP contribution in [-0.4, -0.2) is 0 Å². The molecule has 2 aliphatic carbocycles. The minimum Gasteiger partial charge on any atom is -0.0649 e. The zero-order valence-corrected chi connectivity index (χ0v) is 10.2. The van der Waals surface area contributed by atoms with E-state index in [0.29, 0.717) is 5.41 Å². The third-order valence-corrected chi connectivity index (χ3v) is 5.28. The molecule has 0 nitrogen and oxygen atoms in total. The fourth-order valence-corrected chi connectivity index (χ4v) is 4.07. The van der Waals surface area contributed by atoms with Crippen molar-refractivity contribution in [1.29, 1.82) is 0 Å². The van der Waals surface area contributed by atoms with E-state index >= 15 is 0 Å². The van der Waals surface area contributed by atoms with Gasteiger partial charge in [-0.25, -0.2) is 0 Å². The third-order valence-electron chi connectivity index (χ3n) is 5.28. The van der Waals surface area contributed by atoms with Crippen molar-refractivity contribution in [3.8, 4) is 0 Å². The monoisotopic (exact) mass is 194 g/mol. The Morgan fingerprint density at radius 3 is 2.71 bits per heavy atom. The fraction of sp³-hybridized carbons (Fsp3) is 1.00.